The van der Waals surface area contributed by atoms with Crippen molar-refractivity contribution >= 4 is 17.3 Å². The second-order valence-corrected chi connectivity index (χ2v) is 5.35. The van der Waals surface area contributed by atoms with Gasteiger partial charge in [0.1, 0.15) is 12.4 Å². The van der Waals surface area contributed by atoms with E-state index in [0.29, 0.717) is 30.3 Å². The number of carbonyl (C=O) groups is 1. The number of rotatable bonds is 3. The molecular formula is C17H16N2O4. The first-order chi connectivity index (χ1) is 11.3. The topological polar surface area (TPSA) is 60.0 Å². The van der Waals surface area contributed by atoms with Crippen LogP contribution in [0.25, 0.3) is 0 Å². The molecule has 0 fully saturated rings. The van der Waals surface area contributed by atoms with Gasteiger partial charge in [-0.05, 0) is 24.3 Å². The Morgan fingerprint density at radius 1 is 1.04 bits per heavy atom. The number of hydrogen-bond acceptors (Lipinski definition) is 5. The van der Waals surface area contributed by atoms with Crippen LogP contribution in [0.15, 0.2) is 42.5 Å². The number of amides is 1. The number of fused-ring (bicyclic) bond motifs is 2. The van der Waals surface area contributed by atoms with Crippen molar-refractivity contribution in [3.8, 4) is 17.2 Å². The molecule has 2 aliphatic heterocycles. The summed E-state index contributed by atoms with van der Waals surface area (Å²) < 4.78 is 16.2. The fourth-order valence-corrected chi connectivity index (χ4v) is 2.74. The summed E-state index contributed by atoms with van der Waals surface area (Å²) in [6, 6.07) is 13.1. The highest BCUT2D eigenvalue weighted by molar-refractivity contribution is 5.94. The average Bonchev–Trinajstić information content (AvgIpc) is 3.03. The van der Waals surface area contributed by atoms with E-state index in [1.54, 1.807) is 18.2 Å². The van der Waals surface area contributed by atoms with Gasteiger partial charge in [0.05, 0.1) is 18.8 Å². The van der Waals surface area contributed by atoms with E-state index >= 15 is 0 Å². The van der Waals surface area contributed by atoms with E-state index in [2.05, 4.69) is 5.32 Å². The lowest BCUT2D eigenvalue weighted by atomic mass is 10.2. The maximum atomic E-state index is 12.3. The van der Waals surface area contributed by atoms with Crippen molar-refractivity contribution in [2.24, 2.45) is 0 Å². The molecule has 0 aromatic heterocycles. The first kappa shape index (κ1) is 13.8. The molecule has 6 nitrogen and oxygen atoms in total. The summed E-state index contributed by atoms with van der Waals surface area (Å²) in [6.45, 7) is 1.76. The number of nitrogens with one attached hydrogen (secondary N) is 1. The monoisotopic (exact) mass is 312 g/mol. The minimum atomic E-state index is -0.0828. The van der Waals surface area contributed by atoms with Crippen LogP contribution in [0, 0.1) is 0 Å². The fraction of sp³-hybridized carbons (Fsp3) is 0.235. The number of para-hydroxylation sites is 2. The zero-order chi connectivity index (χ0) is 15.6. The smallest absolute Gasteiger partial charge is 0.243 e. The van der Waals surface area contributed by atoms with Gasteiger partial charge in [-0.25, -0.2) is 0 Å². The number of carbonyl (C=O) groups excluding carboxylic acids is 1. The van der Waals surface area contributed by atoms with Crippen LogP contribution in [-0.4, -0.2) is 32.4 Å². The predicted octanol–water partition coefficient (Wildman–Crippen LogP) is 2.25. The molecule has 0 bridgehead atoms. The Morgan fingerprint density at radius 3 is 2.87 bits per heavy atom. The summed E-state index contributed by atoms with van der Waals surface area (Å²) >= 11 is 0. The van der Waals surface area contributed by atoms with Crippen molar-refractivity contribution in [3.05, 3.63) is 42.5 Å². The molecule has 1 amide bonds. The quantitative estimate of drug-likeness (QED) is 0.942. The lowest BCUT2D eigenvalue weighted by Crippen LogP contribution is -2.38. The third-order valence-electron chi connectivity index (χ3n) is 3.82. The third-order valence-corrected chi connectivity index (χ3v) is 3.82. The van der Waals surface area contributed by atoms with Gasteiger partial charge in [0.25, 0.3) is 0 Å². The molecule has 1 N–H and O–H groups in total. The third kappa shape index (κ3) is 2.75. The van der Waals surface area contributed by atoms with Gasteiger partial charge in [0.2, 0.25) is 12.7 Å². The van der Waals surface area contributed by atoms with Gasteiger partial charge in [-0.15, -0.1) is 0 Å². The van der Waals surface area contributed by atoms with E-state index in [-0.39, 0.29) is 19.2 Å². The van der Waals surface area contributed by atoms with Crippen molar-refractivity contribution in [1.29, 1.82) is 0 Å². The molecule has 6 heteroatoms. The van der Waals surface area contributed by atoms with Crippen molar-refractivity contribution in [2.45, 2.75) is 0 Å². The molecule has 2 heterocycles. The number of hydrogen-bond donors (Lipinski definition) is 1. The number of benzene rings is 2. The summed E-state index contributed by atoms with van der Waals surface area (Å²) in [4.78, 5) is 14.3. The average molecular weight is 312 g/mol. The summed E-state index contributed by atoms with van der Waals surface area (Å²) in [5.41, 5.74) is 1.64. The lowest BCUT2D eigenvalue weighted by molar-refractivity contribution is -0.115. The van der Waals surface area contributed by atoms with Crippen LogP contribution < -0.4 is 24.4 Å². The van der Waals surface area contributed by atoms with Crippen LogP contribution in [0.2, 0.25) is 0 Å². The van der Waals surface area contributed by atoms with Crippen molar-refractivity contribution < 1.29 is 19.0 Å². The summed E-state index contributed by atoms with van der Waals surface area (Å²) in [6.07, 6.45) is 0. The molecule has 0 atom stereocenters. The zero-order valence-corrected chi connectivity index (χ0v) is 12.5. The first-order valence-corrected chi connectivity index (χ1v) is 7.46. The highest BCUT2D eigenvalue weighted by Crippen LogP contribution is 2.34. The van der Waals surface area contributed by atoms with Gasteiger partial charge in [-0.2, -0.15) is 0 Å². The van der Waals surface area contributed by atoms with E-state index in [1.165, 1.54) is 0 Å². The summed E-state index contributed by atoms with van der Waals surface area (Å²) in [5, 5.41) is 2.89. The molecule has 23 heavy (non-hydrogen) atoms. The molecule has 0 saturated carbocycles. The summed E-state index contributed by atoms with van der Waals surface area (Å²) in [7, 11) is 0. The molecule has 2 aromatic rings. The van der Waals surface area contributed by atoms with Crippen LogP contribution in [0.5, 0.6) is 17.2 Å². The van der Waals surface area contributed by atoms with Crippen molar-refractivity contribution in [2.75, 3.05) is 36.7 Å². The second kappa shape index (κ2) is 5.72. The molecule has 4 rings (SSSR count). The van der Waals surface area contributed by atoms with E-state index < -0.39 is 0 Å². The van der Waals surface area contributed by atoms with Crippen LogP contribution in [0.1, 0.15) is 0 Å². The highest BCUT2D eigenvalue weighted by Gasteiger charge is 2.20. The van der Waals surface area contributed by atoms with Gasteiger partial charge in [-0.3, -0.25) is 4.79 Å². The second-order valence-electron chi connectivity index (χ2n) is 5.35. The molecule has 2 aliphatic rings. The lowest BCUT2D eigenvalue weighted by Gasteiger charge is -2.30. The van der Waals surface area contributed by atoms with Crippen LogP contribution in [-0.2, 0) is 4.79 Å². The standard InChI is InChI=1S/C17H16N2O4/c20-17(18-12-5-6-15-16(9-12)23-11-22-15)10-19-7-8-21-14-4-2-1-3-13(14)19/h1-6,9H,7-8,10-11H2,(H,18,20). The number of anilines is 2. The van der Waals surface area contributed by atoms with E-state index in [0.717, 1.165) is 11.4 Å². The van der Waals surface area contributed by atoms with Crippen molar-refractivity contribution in [1.82, 2.24) is 0 Å². The van der Waals surface area contributed by atoms with E-state index in [9.17, 15) is 4.79 Å². The maximum Gasteiger partial charge on any atom is 0.243 e. The Morgan fingerprint density at radius 2 is 1.91 bits per heavy atom. The van der Waals surface area contributed by atoms with Crippen LogP contribution >= 0.6 is 0 Å². The number of ether oxygens (including phenoxy) is 3. The van der Waals surface area contributed by atoms with E-state index in [1.807, 2.05) is 29.2 Å². The Hall–Kier alpha value is -2.89. The van der Waals surface area contributed by atoms with Crippen LogP contribution in [0.3, 0.4) is 0 Å². The van der Waals surface area contributed by atoms with Crippen LogP contribution in [0.4, 0.5) is 11.4 Å². The minimum absolute atomic E-state index is 0.0828. The molecule has 0 unspecified atom stereocenters. The highest BCUT2D eigenvalue weighted by atomic mass is 16.7. The predicted molar refractivity (Wildman–Crippen MR) is 85.3 cm³/mol. The zero-order valence-electron chi connectivity index (χ0n) is 12.5. The minimum Gasteiger partial charge on any atom is -0.490 e. The van der Waals surface area contributed by atoms with E-state index in [4.69, 9.17) is 14.2 Å². The SMILES string of the molecule is O=C(CN1CCOc2ccccc21)Nc1ccc2c(c1)OCO2. The fourth-order valence-electron chi connectivity index (χ4n) is 2.74. The Balaban J connectivity index is 1.45. The van der Waals surface area contributed by atoms with Crippen molar-refractivity contribution in [3.63, 3.8) is 0 Å². The Kier molecular flexibility index (Phi) is 3.42. The van der Waals surface area contributed by atoms with Gasteiger partial charge in [0, 0.05) is 11.8 Å². The normalized spacial score (nSPS) is 14.9. The molecule has 0 radical (unpaired) electrons. The molecule has 118 valence electrons. The number of nitrogens with zero attached hydrogens (tertiary/aromatic N) is 1. The maximum absolute atomic E-state index is 12.3. The largest absolute Gasteiger partial charge is 0.490 e. The molecule has 0 spiro atoms. The first-order valence-electron chi connectivity index (χ1n) is 7.46. The molecule has 2 aromatic carbocycles. The Bertz CT molecular complexity index is 747. The van der Waals surface area contributed by atoms with Gasteiger partial charge in [-0.1, -0.05) is 12.1 Å². The molecule has 0 aliphatic carbocycles. The Labute approximate surface area is 133 Å². The van der Waals surface area contributed by atoms with Gasteiger partial charge >= 0.3 is 0 Å². The summed E-state index contributed by atoms with van der Waals surface area (Å²) in [5.74, 6) is 2.08. The molecular weight excluding hydrogens is 296 g/mol. The van der Waals surface area contributed by atoms with Gasteiger partial charge < -0.3 is 24.4 Å². The molecule has 0 saturated heterocycles. The van der Waals surface area contributed by atoms with Gasteiger partial charge in [0.15, 0.2) is 11.5 Å².